The minimum atomic E-state index is -0.956. The van der Waals surface area contributed by atoms with Crippen molar-refractivity contribution in [2.45, 2.75) is 33.7 Å². The SMILES string of the molecule is CCOc1cccc(C(O)=C2C(=O)C(=O)N(c3nc4c(C)cc(C)cc4s3)C2c2ccc(OCC)c(OC)c2)c1. The Morgan fingerprint density at radius 1 is 1.00 bits per heavy atom. The highest BCUT2D eigenvalue weighted by Gasteiger charge is 2.48. The minimum Gasteiger partial charge on any atom is -0.507 e. The fraction of sp³-hybridized carbons (Fsp3) is 0.258. The maximum Gasteiger partial charge on any atom is 0.301 e. The Bertz CT molecular complexity index is 1660. The number of ketones is 1. The molecule has 1 amide bonds. The largest absolute Gasteiger partial charge is 0.507 e. The van der Waals surface area contributed by atoms with Crippen LogP contribution in [0, 0.1) is 13.8 Å². The van der Waals surface area contributed by atoms with Gasteiger partial charge in [-0.05, 0) is 74.7 Å². The molecule has 0 aliphatic carbocycles. The highest BCUT2D eigenvalue weighted by molar-refractivity contribution is 7.22. The molecule has 1 atom stereocenters. The number of aryl methyl sites for hydroxylation is 2. The number of hydrogen-bond acceptors (Lipinski definition) is 8. The topological polar surface area (TPSA) is 98.2 Å². The molecule has 1 fully saturated rings. The second kappa shape index (κ2) is 11.0. The number of Topliss-reactive ketones (excluding diaryl/α,β-unsaturated/α-hetero) is 1. The summed E-state index contributed by atoms with van der Waals surface area (Å²) in [5, 5.41) is 11.9. The molecule has 0 bridgehead atoms. The first-order valence-electron chi connectivity index (χ1n) is 13.0. The molecule has 1 unspecified atom stereocenters. The molecule has 1 aliphatic heterocycles. The summed E-state index contributed by atoms with van der Waals surface area (Å²) in [4.78, 5) is 33.5. The number of aliphatic hydroxyl groups is 1. The lowest BCUT2D eigenvalue weighted by Gasteiger charge is -2.24. The van der Waals surface area contributed by atoms with Gasteiger partial charge >= 0.3 is 5.91 Å². The van der Waals surface area contributed by atoms with Crippen molar-refractivity contribution >= 4 is 44.1 Å². The predicted molar refractivity (Wildman–Crippen MR) is 156 cm³/mol. The number of fused-ring (bicyclic) bond motifs is 1. The Morgan fingerprint density at radius 3 is 2.50 bits per heavy atom. The van der Waals surface area contributed by atoms with Crippen molar-refractivity contribution in [3.63, 3.8) is 0 Å². The molecule has 1 N–H and O–H groups in total. The number of methoxy groups -OCH3 is 1. The van der Waals surface area contributed by atoms with E-state index in [1.54, 1.807) is 42.5 Å². The summed E-state index contributed by atoms with van der Waals surface area (Å²) in [6, 6.07) is 15.1. The standard InChI is InChI=1S/C31H30N2O6S/c1-6-38-21-10-8-9-20(15-21)28(34)25-27(19-11-12-22(39-7-2)23(16-19)37-5)33(30(36)29(25)35)31-32-26-18(4)13-17(3)14-24(26)40-31/h8-16,27,34H,6-7H2,1-5H3. The fourth-order valence-electron chi connectivity index (χ4n) is 4.99. The molecule has 0 radical (unpaired) electrons. The summed E-state index contributed by atoms with van der Waals surface area (Å²) < 4.78 is 17.8. The van der Waals surface area contributed by atoms with Gasteiger partial charge in [-0.15, -0.1) is 0 Å². The van der Waals surface area contributed by atoms with Gasteiger partial charge in [-0.3, -0.25) is 14.5 Å². The van der Waals surface area contributed by atoms with Crippen LogP contribution in [0.4, 0.5) is 5.13 Å². The molecule has 0 saturated carbocycles. The van der Waals surface area contributed by atoms with E-state index in [0.29, 0.717) is 46.7 Å². The summed E-state index contributed by atoms with van der Waals surface area (Å²) in [5.74, 6) is -0.358. The predicted octanol–water partition coefficient (Wildman–Crippen LogP) is 6.35. The molecular formula is C31H30N2O6S. The zero-order chi connectivity index (χ0) is 28.6. The van der Waals surface area contributed by atoms with Crippen LogP contribution in [0.1, 0.15) is 42.1 Å². The summed E-state index contributed by atoms with van der Waals surface area (Å²) in [7, 11) is 1.52. The van der Waals surface area contributed by atoms with E-state index in [4.69, 9.17) is 19.2 Å². The normalized spacial score (nSPS) is 16.5. The lowest BCUT2D eigenvalue weighted by atomic mass is 9.95. The Hall–Kier alpha value is -4.37. The number of thiazole rings is 1. The van der Waals surface area contributed by atoms with E-state index in [1.165, 1.54) is 23.3 Å². The first-order valence-corrected chi connectivity index (χ1v) is 13.8. The van der Waals surface area contributed by atoms with Gasteiger partial charge in [-0.1, -0.05) is 35.6 Å². The quantitative estimate of drug-likeness (QED) is 0.153. The second-order valence-corrected chi connectivity index (χ2v) is 10.4. The molecule has 5 rings (SSSR count). The van der Waals surface area contributed by atoms with Gasteiger partial charge in [0, 0.05) is 5.56 Å². The molecule has 2 heterocycles. The van der Waals surface area contributed by atoms with Crippen molar-refractivity contribution in [2.75, 3.05) is 25.2 Å². The van der Waals surface area contributed by atoms with E-state index in [0.717, 1.165) is 21.3 Å². The molecule has 40 heavy (non-hydrogen) atoms. The Kier molecular flexibility index (Phi) is 7.49. The third kappa shape index (κ3) is 4.77. The Labute approximate surface area is 236 Å². The van der Waals surface area contributed by atoms with Gasteiger partial charge in [0.15, 0.2) is 16.6 Å². The second-order valence-electron chi connectivity index (χ2n) is 9.40. The average molecular weight is 559 g/mol. The third-order valence-electron chi connectivity index (χ3n) is 6.69. The Balaban J connectivity index is 1.74. The van der Waals surface area contributed by atoms with Gasteiger partial charge in [0.25, 0.3) is 5.78 Å². The van der Waals surface area contributed by atoms with Crippen molar-refractivity contribution in [1.82, 2.24) is 4.98 Å². The van der Waals surface area contributed by atoms with Gasteiger partial charge in [0.1, 0.15) is 11.5 Å². The van der Waals surface area contributed by atoms with Crippen molar-refractivity contribution in [3.05, 3.63) is 82.4 Å². The van der Waals surface area contributed by atoms with Crippen molar-refractivity contribution < 1.29 is 28.9 Å². The van der Waals surface area contributed by atoms with Crippen LogP contribution >= 0.6 is 11.3 Å². The third-order valence-corrected chi connectivity index (χ3v) is 7.69. The molecule has 0 spiro atoms. The van der Waals surface area contributed by atoms with Crippen molar-refractivity contribution in [2.24, 2.45) is 0 Å². The molecular weight excluding hydrogens is 528 g/mol. The number of anilines is 1. The summed E-state index contributed by atoms with van der Waals surface area (Å²) in [6.45, 7) is 8.58. The number of carbonyl (C=O) groups is 2. The van der Waals surface area contributed by atoms with Gasteiger partial charge in [-0.2, -0.15) is 0 Å². The molecule has 4 aromatic rings. The lowest BCUT2D eigenvalue weighted by Crippen LogP contribution is -2.29. The number of amides is 1. The number of ether oxygens (including phenoxy) is 3. The van der Waals surface area contributed by atoms with Gasteiger partial charge in [0.05, 0.1) is 42.2 Å². The first kappa shape index (κ1) is 27.2. The van der Waals surface area contributed by atoms with Crippen LogP contribution in [-0.2, 0) is 9.59 Å². The van der Waals surface area contributed by atoms with Crippen LogP contribution < -0.4 is 19.1 Å². The van der Waals surface area contributed by atoms with Gasteiger partial charge in [-0.25, -0.2) is 4.98 Å². The van der Waals surface area contributed by atoms with E-state index < -0.39 is 17.7 Å². The zero-order valence-corrected chi connectivity index (χ0v) is 23.8. The minimum absolute atomic E-state index is 0.0444. The summed E-state index contributed by atoms with van der Waals surface area (Å²) in [6.07, 6.45) is 0. The smallest absolute Gasteiger partial charge is 0.301 e. The van der Waals surface area contributed by atoms with Gasteiger partial charge < -0.3 is 19.3 Å². The molecule has 206 valence electrons. The van der Waals surface area contributed by atoms with Crippen LogP contribution in [0.25, 0.3) is 16.0 Å². The molecule has 1 saturated heterocycles. The Morgan fingerprint density at radius 2 is 1.77 bits per heavy atom. The highest BCUT2D eigenvalue weighted by atomic mass is 32.1. The maximum absolute atomic E-state index is 13.7. The molecule has 9 heteroatoms. The number of benzene rings is 3. The number of nitrogens with zero attached hydrogens (tertiary/aromatic N) is 2. The van der Waals surface area contributed by atoms with E-state index >= 15 is 0 Å². The van der Waals surface area contributed by atoms with Crippen molar-refractivity contribution in [1.29, 1.82) is 0 Å². The number of carbonyl (C=O) groups excluding carboxylic acids is 2. The molecule has 8 nitrogen and oxygen atoms in total. The summed E-state index contributed by atoms with van der Waals surface area (Å²) >= 11 is 1.33. The monoisotopic (exact) mass is 558 g/mol. The van der Waals surface area contributed by atoms with Crippen LogP contribution in [-0.4, -0.2) is 42.1 Å². The van der Waals surface area contributed by atoms with Gasteiger partial charge in [0.2, 0.25) is 0 Å². The maximum atomic E-state index is 13.7. The van der Waals surface area contributed by atoms with E-state index in [9.17, 15) is 14.7 Å². The average Bonchev–Trinajstić information content (AvgIpc) is 3.47. The molecule has 1 aromatic heterocycles. The number of aliphatic hydroxyl groups excluding tert-OH is 1. The lowest BCUT2D eigenvalue weighted by molar-refractivity contribution is -0.132. The number of rotatable bonds is 8. The van der Waals surface area contributed by atoms with E-state index in [1.807, 2.05) is 39.8 Å². The van der Waals surface area contributed by atoms with Crippen LogP contribution in [0.3, 0.4) is 0 Å². The van der Waals surface area contributed by atoms with Crippen LogP contribution in [0.15, 0.2) is 60.2 Å². The fourth-order valence-corrected chi connectivity index (χ4v) is 6.16. The van der Waals surface area contributed by atoms with Crippen molar-refractivity contribution in [3.8, 4) is 17.2 Å². The van der Waals surface area contributed by atoms with Crippen LogP contribution in [0.5, 0.6) is 17.2 Å². The highest BCUT2D eigenvalue weighted by Crippen LogP contribution is 2.46. The first-order chi connectivity index (χ1) is 19.3. The van der Waals surface area contributed by atoms with Crippen LogP contribution in [0.2, 0.25) is 0 Å². The molecule has 3 aromatic carbocycles. The number of hydrogen-bond donors (Lipinski definition) is 1. The summed E-state index contributed by atoms with van der Waals surface area (Å²) in [5.41, 5.74) is 3.69. The van der Waals surface area contributed by atoms with E-state index in [2.05, 4.69) is 0 Å². The number of aromatic nitrogens is 1. The zero-order valence-electron chi connectivity index (χ0n) is 23.0. The van der Waals surface area contributed by atoms with E-state index in [-0.39, 0.29) is 11.3 Å². The molecule has 1 aliphatic rings.